The monoisotopic (exact) mass is 249 g/mol. The molecule has 6 heteroatoms. The molecule has 3 rings (SSSR count). The van der Waals surface area contributed by atoms with Gasteiger partial charge in [-0.15, -0.1) is 5.10 Å². The van der Waals surface area contributed by atoms with Crippen molar-refractivity contribution in [1.29, 1.82) is 0 Å². The van der Waals surface area contributed by atoms with E-state index < -0.39 is 0 Å². The van der Waals surface area contributed by atoms with Crippen LogP contribution >= 0.6 is 11.6 Å². The summed E-state index contributed by atoms with van der Waals surface area (Å²) < 4.78 is 1.79. The lowest BCUT2D eigenvalue weighted by atomic mass is 10.1. The molecule has 0 spiro atoms. The maximum atomic E-state index is 6.16. The van der Waals surface area contributed by atoms with Crippen LogP contribution in [-0.2, 0) is 6.54 Å². The van der Waals surface area contributed by atoms with Gasteiger partial charge in [-0.2, -0.15) is 0 Å². The second kappa shape index (κ2) is 4.00. The summed E-state index contributed by atoms with van der Waals surface area (Å²) in [6.45, 7) is 0.840. The van der Waals surface area contributed by atoms with Crippen molar-refractivity contribution in [2.24, 2.45) is 5.92 Å². The van der Waals surface area contributed by atoms with E-state index >= 15 is 0 Å². The minimum absolute atomic E-state index is 0.580. The lowest BCUT2D eigenvalue weighted by molar-refractivity contribution is 0.548. The Labute approximate surface area is 104 Å². The highest BCUT2D eigenvalue weighted by molar-refractivity contribution is 6.33. The Hall–Kier alpha value is -1.62. The minimum Gasteiger partial charge on any atom is -0.398 e. The molecule has 0 aliphatic heterocycles. The third-order valence-corrected chi connectivity index (χ3v) is 3.24. The number of anilines is 1. The highest BCUT2D eigenvalue weighted by Gasteiger charge is 2.25. The summed E-state index contributed by atoms with van der Waals surface area (Å²) in [5.41, 5.74) is 7.26. The Morgan fingerprint density at radius 1 is 1.41 bits per heavy atom. The number of aromatic nitrogens is 4. The maximum Gasteiger partial charge on any atom is 0.185 e. The SMILES string of the molecule is Nc1cccc(Cl)c1-c1nnnn1CC1CC1. The second-order valence-electron chi connectivity index (χ2n) is 4.33. The Morgan fingerprint density at radius 2 is 2.24 bits per heavy atom. The van der Waals surface area contributed by atoms with Gasteiger partial charge >= 0.3 is 0 Å². The predicted molar refractivity (Wildman–Crippen MR) is 65.4 cm³/mol. The molecule has 0 atom stereocenters. The molecule has 0 radical (unpaired) electrons. The van der Waals surface area contributed by atoms with Crippen molar-refractivity contribution in [2.45, 2.75) is 19.4 Å². The van der Waals surface area contributed by atoms with E-state index in [4.69, 9.17) is 17.3 Å². The number of benzene rings is 1. The third-order valence-electron chi connectivity index (χ3n) is 2.93. The van der Waals surface area contributed by atoms with Gasteiger partial charge < -0.3 is 5.73 Å². The molecule has 0 amide bonds. The van der Waals surface area contributed by atoms with E-state index in [2.05, 4.69) is 15.5 Å². The highest BCUT2D eigenvalue weighted by Crippen LogP contribution is 2.34. The molecule has 1 heterocycles. The van der Waals surface area contributed by atoms with E-state index in [1.54, 1.807) is 16.8 Å². The average Bonchev–Trinajstić information content (AvgIpc) is 2.99. The fourth-order valence-electron chi connectivity index (χ4n) is 1.83. The predicted octanol–water partition coefficient (Wildman–Crippen LogP) is 1.99. The molecule has 1 aliphatic rings. The Balaban J connectivity index is 2.05. The van der Waals surface area contributed by atoms with Crippen LogP contribution in [-0.4, -0.2) is 20.2 Å². The second-order valence-corrected chi connectivity index (χ2v) is 4.74. The average molecular weight is 250 g/mol. The summed E-state index contributed by atoms with van der Waals surface area (Å²) in [6.07, 6.45) is 2.49. The third kappa shape index (κ3) is 1.98. The number of hydrogen-bond donors (Lipinski definition) is 1. The van der Waals surface area contributed by atoms with Gasteiger partial charge in [0, 0.05) is 12.2 Å². The molecule has 1 aromatic carbocycles. The Morgan fingerprint density at radius 3 is 2.94 bits per heavy atom. The van der Waals surface area contributed by atoms with Crippen LogP contribution in [0.1, 0.15) is 12.8 Å². The van der Waals surface area contributed by atoms with Gasteiger partial charge in [-0.1, -0.05) is 17.7 Å². The van der Waals surface area contributed by atoms with Crippen molar-refractivity contribution in [2.75, 3.05) is 5.73 Å². The van der Waals surface area contributed by atoms with Gasteiger partial charge in [0.1, 0.15) is 0 Å². The van der Waals surface area contributed by atoms with E-state index in [-0.39, 0.29) is 0 Å². The molecule has 5 nitrogen and oxygen atoms in total. The molecule has 1 saturated carbocycles. The first-order chi connectivity index (χ1) is 8.25. The smallest absolute Gasteiger partial charge is 0.185 e. The van der Waals surface area contributed by atoms with E-state index in [1.807, 2.05) is 6.07 Å². The lowest BCUT2D eigenvalue weighted by Crippen LogP contribution is -2.06. The van der Waals surface area contributed by atoms with Gasteiger partial charge in [0.25, 0.3) is 0 Å². The standard InChI is InChI=1S/C11H12ClN5/c12-8-2-1-3-9(13)10(8)11-14-15-16-17(11)6-7-4-5-7/h1-3,7H,4-6,13H2. The molecule has 17 heavy (non-hydrogen) atoms. The Kier molecular flexibility index (Phi) is 2.48. The van der Waals surface area contributed by atoms with Crippen molar-refractivity contribution < 1.29 is 0 Å². The minimum atomic E-state index is 0.580. The first-order valence-electron chi connectivity index (χ1n) is 5.56. The van der Waals surface area contributed by atoms with Crippen molar-refractivity contribution in [3.63, 3.8) is 0 Å². The first-order valence-corrected chi connectivity index (χ1v) is 5.94. The fourth-order valence-corrected chi connectivity index (χ4v) is 2.09. The highest BCUT2D eigenvalue weighted by atomic mass is 35.5. The molecular weight excluding hydrogens is 238 g/mol. The van der Waals surface area contributed by atoms with E-state index in [0.717, 1.165) is 12.1 Å². The molecule has 88 valence electrons. The van der Waals surface area contributed by atoms with Crippen LogP contribution in [0.25, 0.3) is 11.4 Å². The zero-order valence-corrected chi connectivity index (χ0v) is 9.93. The van der Waals surface area contributed by atoms with Crippen LogP contribution in [0, 0.1) is 5.92 Å². The van der Waals surface area contributed by atoms with E-state index in [0.29, 0.717) is 22.5 Å². The zero-order valence-electron chi connectivity index (χ0n) is 9.17. The number of rotatable bonds is 3. The number of tetrazole rings is 1. The van der Waals surface area contributed by atoms with Gasteiger partial charge in [0.05, 0.1) is 10.6 Å². The van der Waals surface area contributed by atoms with Crippen molar-refractivity contribution >= 4 is 17.3 Å². The van der Waals surface area contributed by atoms with Gasteiger partial charge in [0.15, 0.2) is 5.82 Å². The fraction of sp³-hybridized carbons (Fsp3) is 0.364. The number of halogens is 1. The number of hydrogen-bond acceptors (Lipinski definition) is 4. The Bertz CT molecular complexity index is 526. The van der Waals surface area contributed by atoms with Gasteiger partial charge in [-0.3, -0.25) is 0 Å². The van der Waals surface area contributed by atoms with Crippen molar-refractivity contribution in [1.82, 2.24) is 20.2 Å². The number of nitrogens with zero attached hydrogens (tertiary/aromatic N) is 4. The first kappa shape index (κ1) is 10.5. The van der Waals surface area contributed by atoms with E-state index in [1.165, 1.54) is 12.8 Å². The molecule has 0 unspecified atom stereocenters. The summed E-state index contributed by atoms with van der Waals surface area (Å²) in [5.74, 6) is 1.35. The molecule has 2 aromatic rings. The summed E-state index contributed by atoms with van der Waals surface area (Å²) in [6, 6.07) is 5.41. The van der Waals surface area contributed by atoms with Crippen molar-refractivity contribution in [3.05, 3.63) is 23.2 Å². The van der Waals surface area contributed by atoms with Crippen molar-refractivity contribution in [3.8, 4) is 11.4 Å². The normalized spacial score (nSPS) is 15.1. The van der Waals surface area contributed by atoms with Crippen LogP contribution in [0.2, 0.25) is 5.02 Å². The van der Waals surface area contributed by atoms with Crippen LogP contribution in [0.4, 0.5) is 5.69 Å². The molecule has 1 aliphatic carbocycles. The summed E-state index contributed by atoms with van der Waals surface area (Å²) >= 11 is 6.16. The number of nitrogens with two attached hydrogens (primary N) is 1. The molecule has 0 bridgehead atoms. The van der Waals surface area contributed by atoms with Gasteiger partial charge in [-0.05, 0) is 41.3 Å². The molecule has 1 fully saturated rings. The quantitative estimate of drug-likeness (QED) is 0.845. The largest absolute Gasteiger partial charge is 0.398 e. The molecular formula is C11H12ClN5. The summed E-state index contributed by atoms with van der Waals surface area (Å²) in [5, 5.41) is 12.3. The van der Waals surface area contributed by atoms with Crippen LogP contribution in [0.3, 0.4) is 0 Å². The van der Waals surface area contributed by atoms with Gasteiger partial charge in [0.2, 0.25) is 0 Å². The van der Waals surface area contributed by atoms with Crippen LogP contribution in [0.5, 0.6) is 0 Å². The zero-order chi connectivity index (χ0) is 11.8. The summed E-state index contributed by atoms with van der Waals surface area (Å²) in [7, 11) is 0. The van der Waals surface area contributed by atoms with Crippen LogP contribution in [0.15, 0.2) is 18.2 Å². The lowest BCUT2D eigenvalue weighted by Gasteiger charge is -2.07. The number of nitrogen functional groups attached to an aromatic ring is 1. The molecule has 0 saturated heterocycles. The van der Waals surface area contributed by atoms with E-state index in [9.17, 15) is 0 Å². The topological polar surface area (TPSA) is 69.6 Å². The van der Waals surface area contributed by atoms with Crippen LogP contribution < -0.4 is 5.73 Å². The molecule has 2 N–H and O–H groups in total. The maximum absolute atomic E-state index is 6.16. The molecule has 1 aromatic heterocycles. The summed E-state index contributed by atoms with van der Waals surface area (Å²) in [4.78, 5) is 0. The van der Waals surface area contributed by atoms with Gasteiger partial charge in [-0.25, -0.2) is 4.68 Å².